The summed E-state index contributed by atoms with van der Waals surface area (Å²) in [5.74, 6) is -1.97. The fourth-order valence-corrected chi connectivity index (χ4v) is 3.46. The molecule has 0 aliphatic carbocycles. The zero-order valence-electron chi connectivity index (χ0n) is 28.9. The van der Waals surface area contributed by atoms with E-state index in [1.807, 2.05) is 76.2 Å². The molecule has 0 unspecified atom stereocenters. The zero-order chi connectivity index (χ0) is 36.5. The Morgan fingerprint density at radius 2 is 0.917 bits per heavy atom. The van der Waals surface area contributed by atoms with Crippen LogP contribution in [-0.2, 0) is 31.9 Å². The maximum atomic E-state index is 9.77. The van der Waals surface area contributed by atoms with Crippen molar-refractivity contribution in [3.63, 3.8) is 0 Å². The fraction of sp³-hybridized carbons (Fsp3) is 0.588. The van der Waals surface area contributed by atoms with Crippen molar-refractivity contribution >= 4 is 11.9 Å². The number of carbonyl (C=O) groups is 2. The summed E-state index contributed by atoms with van der Waals surface area (Å²) >= 11 is 0. The second-order valence-electron chi connectivity index (χ2n) is 11.4. The molecule has 0 bridgehead atoms. The molecule has 0 saturated heterocycles. The molecule has 0 spiro atoms. The van der Waals surface area contributed by atoms with Crippen molar-refractivity contribution in [2.75, 3.05) is 53.7 Å². The van der Waals surface area contributed by atoms with Gasteiger partial charge in [-0.2, -0.15) is 0 Å². The minimum Gasteiger partial charge on any atom is -0.491 e. The molecule has 274 valence electrons. The molecule has 0 heterocycles. The first-order valence-electron chi connectivity index (χ1n) is 15.8. The second kappa shape index (κ2) is 26.6. The van der Waals surface area contributed by atoms with Crippen LogP contribution in [0.25, 0.3) is 0 Å². The predicted octanol–water partition coefficient (Wildman–Crippen LogP) is 1.10. The average molecular weight is 685 g/mol. The van der Waals surface area contributed by atoms with Gasteiger partial charge >= 0.3 is 11.9 Å². The summed E-state index contributed by atoms with van der Waals surface area (Å²) in [6.45, 7) is 11.3. The Balaban J connectivity index is 0.000000727. The van der Waals surface area contributed by atoms with E-state index in [1.165, 1.54) is 11.1 Å². The molecule has 14 heteroatoms. The van der Waals surface area contributed by atoms with Gasteiger partial charge in [0.05, 0.1) is 13.2 Å². The summed E-state index contributed by atoms with van der Waals surface area (Å²) < 4.78 is 21.1. The van der Waals surface area contributed by atoms with E-state index in [4.69, 9.17) is 39.4 Å². The number of benzene rings is 2. The largest absolute Gasteiger partial charge is 0.491 e. The summed E-state index contributed by atoms with van der Waals surface area (Å²) in [6.07, 6.45) is -3.71. The van der Waals surface area contributed by atoms with E-state index < -0.39 is 36.4 Å². The van der Waals surface area contributed by atoms with E-state index >= 15 is 0 Å². The first kappa shape index (κ1) is 44.7. The molecule has 4 atom stereocenters. The van der Waals surface area contributed by atoms with Crippen LogP contribution in [0.5, 0.6) is 11.5 Å². The van der Waals surface area contributed by atoms with Crippen molar-refractivity contribution in [2.45, 2.75) is 77.0 Å². The highest BCUT2D eigenvalue weighted by atomic mass is 16.5. The minimum atomic E-state index is -2.27. The van der Waals surface area contributed by atoms with Gasteiger partial charge in [0.15, 0.2) is 12.2 Å². The van der Waals surface area contributed by atoms with Gasteiger partial charge < -0.3 is 60.2 Å². The van der Waals surface area contributed by atoms with Crippen molar-refractivity contribution in [3.8, 4) is 11.5 Å². The topological polar surface area (TPSA) is 216 Å². The molecule has 0 aliphatic heterocycles. The fourth-order valence-electron chi connectivity index (χ4n) is 3.46. The Kier molecular flexibility index (Phi) is 24.7. The van der Waals surface area contributed by atoms with E-state index in [2.05, 4.69) is 10.6 Å². The molecule has 8 N–H and O–H groups in total. The van der Waals surface area contributed by atoms with Crippen LogP contribution in [0.3, 0.4) is 0 Å². The van der Waals surface area contributed by atoms with Gasteiger partial charge in [0.1, 0.15) is 36.9 Å². The minimum absolute atomic E-state index is 0.303. The van der Waals surface area contributed by atoms with Crippen molar-refractivity contribution in [1.82, 2.24) is 10.6 Å². The van der Waals surface area contributed by atoms with E-state index in [-0.39, 0.29) is 0 Å². The quantitative estimate of drug-likeness (QED) is 0.0925. The molecule has 48 heavy (non-hydrogen) atoms. The number of aliphatic hydroxyl groups is 4. The van der Waals surface area contributed by atoms with E-state index in [9.17, 15) is 19.8 Å². The first-order chi connectivity index (χ1) is 22.7. The number of methoxy groups -OCH3 is 2. The Morgan fingerprint density at radius 1 is 0.604 bits per heavy atom. The molecule has 2 aromatic rings. The zero-order valence-corrected chi connectivity index (χ0v) is 28.9. The molecule has 0 saturated carbocycles. The van der Waals surface area contributed by atoms with Crippen LogP contribution in [0.2, 0.25) is 0 Å². The van der Waals surface area contributed by atoms with Crippen LogP contribution in [0.1, 0.15) is 38.8 Å². The van der Waals surface area contributed by atoms with E-state index in [1.54, 1.807) is 14.2 Å². The number of rotatable bonds is 21. The number of nitrogens with one attached hydrogen (secondary N) is 2. The molecule has 0 radical (unpaired) electrons. The number of hydrogen-bond acceptors (Lipinski definition) is 12. The van der Waals surface area contributed by atoms with Gasteiger partial charge in [-0.05, 0) is 48.2 Å². The smallest absolute Gasteiger partial charge is 0.335 e. The van der Waals surface area contributed by atoms with Gasteiger partial charge in [-0.15, -0.1) is 0 Å². The molecule has 0 fully saturated rings. The maximum absolute atomic E-state index is 9.77. The lowest BCUT2D eigenvalue weighted by Gasteiger charge is -2.15. The van der Waals surface area contributed by atoms with Crippen molar-refractivity contribution < 1.29 is 59.2 Å². The standard InChI is InChI=1S/2C15H25NO3.C4H6O6/c2*1-12(2)16-10-14(17)11-19-15-6-4-13(5-7-15)8-9-18-3;5-1(3(7)8)2(6)4(9)10/h2*4-7,12,14,16-17H,8-11H2,1-3H3;1-2,5-6H,(H,7,8)(H,9,10)/t2*14-;1-,2+/m11./s1. The van der Waals surface area contributed by atoms with E-state index in [0.717, 1.165) is 37.6 Å². The third-order valence-electron chi connectivity index (χ3n) is 6.25. The summed E-state index contributed by atoms with van der Waals surface area (Å²) in [7, 11) is 3.40. The number of aliphatic carboxylic acids is 2. The van der Waals surface area contributed by atoms with Gasteiger partial charge in [0.2, 0.25) is 0 Å². The number of carboxylic acid groups (broad SMARTS) is 2. The predicted molar refractivity (Wildman–Crippen MR) is 181 cm³/mol. The van der Waals surface area contributed by atoms with Crippen LogP contribution in [-0.4, -0.2) is 133 Å². The normalized spacial score (nSPS) is 13.3. The number of aliphatic hydroxyl groups excluding tert-OH is 4. The molecular weight excluding hydrogens is 628 g/mol. The Bertz CT molecular complexity index is 1010. The Labute approximate surface area is 283 Å². The van der Waals surface area contributed by atoms with Gasteiger partial charge in [0, 0.05) is 39.4 Å². The SMILES string of the molecule is COCCc1ccc(OC[C@H](O)CNC(C)C)cc1.COCCc1ccc(OC[C@H](O)CNC(C)C)cc1.O=C(O)[C@@H](O)[C@@H](O)C(=O)O. The lowest BCUT2D eigenvalue weighted by Crippen LogP contribution is -2.39. The van der Waals surface area contributed by atoms with E-state index in [0.29, 0.717) is 38.4 Å². The highest BCUT2D eigenvalue weighted by molar-refractivity contribution is 5.83. The highest BCUT2D eigenvalue weighted by Crippen LogP contribution is 2.14. The van der Waals surface area contributed by atoms with Gasteiger partial charge in [-0.25, -0.2) is 9.59 Å². The Hall–Kier alpha value is -3.34. The van der Waals surface area contributed by atoms with Crippen LogP contribution < -0.4 is 20.1 Å². The van der Waals surface area contributed by atoms with Crippen LogP contribution in [0.4, 0.5) is 0 Å². The Morgan fingerprint density at radius 3 is 1.17 bits per heavy atom. The molecule has 2 rings (SSSR count). The summed E-state index contributed by atoms with van der Waals surface area (Å²) in [5.41, 5.74) is 2.44. The molecular formula is C34H56N2O12. The van der Waals surface area contributed by atoms with Gasteiger partial charge in [-0.3, -0.25) is 0 Å². The van der Waals surface area contributed by atoms with Crippen molar-refractivity contribution in [2.24, 2.45) is 0 Å². The third-order valence-corrected chi connectivity index (χ3v) is 6.25. The molecule has 0 aliphatic rings. The van der Waals surface area contributed by atoms with Gasteiger partial charge in [0.25, 0.3) is 0 Å². The first-order valence-corrected chi connectivity index (χ1v) is 15.8. The number of carboxylic acids is 2. The lowest BCUT2D eigenvalue weighted by atomic mass is 10.1. The summed E-state index contributed by atoms with van der Waals surface area (Å²) in [4.78, 5) is 19.5. The van der Waals surface area contributed by atoms with Crippen LogP contribution >= 0.6 is 0 Å². The molecule has 0 aromatic heterocycles. The van der Waals surface area contributed by atoms with Crippen molar-refractivity contribution in [1.29, 1.82) is 0 Å². The third kappa shape index (κ3) is 23.1. The maximum Gasteiger partial charge on any atom is 0.335 e. The molecule has 14 nitrogen and oxygen atoms in total. The van der Waals surface area contributed by atoms with Crippen LogP contribution in [0.15, 0.2) is 48.5 Å². The second-order valence-corrected chi connectivity index (χ2v) is 11.4. The van der Waals surface area contributed by atoms with Crippen molar-refractivity contribution in [3.05, 3.63) is 59.7 Å². The monoisotopic (exact) mass is 684 g/mol. The molecule has 0 amide bonds. The van der Waals surface area contributed by atoms with Gasteiger partial charge in [-0.1, -0.05) is 52.0 Å². The molecule has 2 aromatic carbocycles. The lowest BCUT2D eigenvalue weighted by molar-refractivity contribution is -0.165. The number of hydrogen-bond donors (Lipinski definition) is 8. The van der Waals surface area contributed by atoms with Crippen LogP contribution in [0, 0.1) is 0 Å². The summed E-state index contributed by atoms with van der Waals surface area (Å²) in [6, 6.07) is 16.5. The highest BCUT2D eigenvalue weighted by Gasteiger charge is 2.29. The summed E-state index contributed by atoms with van der Waals surface area (Å²) in [5, 5.41) is 58.3. The number of ether oxygens (including phenoxy) is 4. The average Bonchev–Trinajstić information content (AvgIpc) is 3.06.